The molecule has 0 aliphatic carbocycles. The van der Waals surface area contributed by atoms with E-state index >= 15 is 0 Å². The number of aromatic nitrogens is 2. The Morgan fingerprint density at radius 3 is 2.23 bits per heavy atom. The first kappa shape index (κ1) is 23.0. The van der Waals surface area contributed by atoms with E-state index in [9.17, 15) is 9.50 Å². The molecule has 0 bridgehead atoms. The average Bonchev–Trinajstić information content (AvgIpc) is 2.88. The Balaban J connectivity index is 1.82. The predicted octanol–water partition coefficient (Wildman–Crippen LogP) is 6.44. The Hall–Kier alpha value is -3.80. The summed E-state index contributed by atoms with van der Waals surface area (Å²) >= 11 is 6.69. The zero-order valence-electron chi connectivity index (χ0n) is 19.3. The highest BCUT2D eigenvalue weighted by atomic mass is 35.5. The zero-order chi connectivity index (χ0) is 24.6. The monoisotopic (exact) mass is 483 g/mol. The second-order valence-electron chi connectivity index (χ2n) is 8.58. The standard InChI is InChI=1S/C29H23ClFN3O/c1-34(2)27-24-17-21(12-15-25(24)33-28(30)26(27)19-7-4-3-5-8-19)29(35,22-9-6-16-32-18-22)20-10-13-23(31)14-11-20/h3-18,35H,1-2H3. The van der Waals surface area contributed by atoms with Crippen molar-refractivity contribution in [2.75, 3.05) is 19.0 Å². The van der Waals surface area contributed by atoms with Crippen LogP contribution in [0.1, 0.15) is 16.7 Å². The second kappa shape index (κ2) is 9.10. The number of anilines is 1. The molecule has 2 heterocycles. The maximum absolute atomic E-state index is 13.8. The number of rotatable bonds is 5. The van der Waals surface area contributed by atoms with Crippen LogP contribution in [-0.2, 0) is 5.60 Å². The van der Waals surface area contributed by atoms with Crippen molar-refractivity contribution in [3.8, 4) is 11.1 Å². The first-order valence-electron chi connectivity index (χ1n) is 11.1. The SMILES string of the molecule is CN(C)c1c(-c2ccccc2)c(Cl)nc2ccc(C(O)(c3ccc(F)cc3)c3cccnc3)cc12. The van der Waals surface area contributed by atoms with E-state index in [1.165, 1.54) is 12.1 Å². The van der Waals surface area contributed by atoms with Crippen LogP contribution in [0, 0.1) is 5.82 Å². The molecule has 1 atom stereocenters. The largest absolute Gasteiger partial charge is 0.377 e. The van der Waals surface area contributed by atoms with Gasteiger partial charge in [0.2, 0.25) is 0 Å². The highest BCUT2D eigenvalue weighted by Gasteiger charge is 2.35. The minimum atomic E-state index is -1.56. The molecule has 1 N–H and O–H groups in total. The predicted molar refractivity (Wildman–Crippen MR) is 139 cm³/mol. The second-order valence-corrected chi connectivity index (χ2v) is 8.94. The Morgan fingerprint density at radius 1 is 0.857 bits per heavy atom. The summed E-state index contributed by atoms with van der Waals surface area (Å²) in [5.74, 6) is -0.373. The molecule has 0 saturated heterocycles. The molecule has 4 nitrogen and oxygen atoms in total. The summed E-state index contributed by atoms with van der Waals surface area (Å²) in [6, 6.07) is 24.9. The van der Waals surface area contributed by atoms with Gasteiger partial charge in [0.1, 0.15) is 16.6 Å². The maximum Gasteiger partial charge on any atom is 0.142 e. The highest BCUT2D eigenvalue weighted by Crippen LogP contribution is 2.43. The van der Waals surface area contributed by atoms with Crippen molar-refractivity contribution in [2.24, 2.45) is 0 Å². The van der Waals surface area contributed by atoms with Crippen molar-refractivity contribution in [2.45, 2.75) is 5.60 Å². The Morgan fingerprint density at radius 2 is 1.57 bits per heavy atom. The van der Waals surface area contributed by atoms with E-state index in [2.05, 4.69) is 9.97 Å². The highest BCUT2D eigenvalue weighted by molar-refractivity contribution is 6.34. The van der Waals surface area contributed by atoms with Gasteiger partial charge < -0.3 is 10.0 Å². The maximum atomic E-state index is 13.8. The number of benzene rings is 3. The zero-order valence-corrected chi connectivity index (χ0v) is 20.0. The van der Waals surface area contributed by atoms with Gasteiger partial charge in [-0.3, -0.25) is 4.98 Å². The molecule has 6 heteroatoms. The van der Waals surface area contributed by atoms with Crippen LogP contribution in [-0.4, -0.2) is 29.2 Å². The van der Waals surface area contributed by atoms with Gasteiger partial charge in [0.25, 0.3) is 0 Å². The molecule has 5 aromatic rings. The van der Waals surface area contributed by atoms with E-state index in [0.717, 1.165) is 22.2 Å². The molecule has 0 amide bonds. The number of aliphatic hydroxyl groups is 1. The summed E-state index contributed by atoms with van der Waals surface area (Å²) in [4.78, 5) is 10.9. The van der Waals surface area contributed by atoms with Crippen LogP contribution in [0.3, 0.4) is 0 Å². The van der Waals surface area contributed by atoms with Gasteiger partial charge in [-0.1, -0.05) is 66.2 Å². The summed E-state index contributed by atoms with van der Waals surface area (Å²) in [6.07, 6.45) is 3.27. The minimum absolute atomic E-state index is 0.373. The molecule has 0 aliphatic heterocycles. The average molecular weight is 484 g/mol. The minimum Gasteiger partial charge on any atom is -0.377 e. The van der Waals surface area contributed by atoms with E-state index in [1.807, 2.05) is 73.6 Å². The molecule has 0 saturated carbocycles. The van der Waals surface area contributed by atoms with Crippen molar-refractivity contribution in [1.82, 2.24) is 9.97 Å². The molecule has 3 aromatic carbocycles. The van der Waals surface area contributed by atoms with Crippen molar-refractivity contribution in [3.63, 3.8) is 0 Å². The van der Waals surface area contributed by atoms with Crippen LogP contribution >= 0.6 is 11.6 Å². The van der Waals surface area contributed by atoms with Gasteiger partial charge in [-0.25, -0.2) is 9.37 Å². The molecule has 2 aromatic heterocycles. The van der Waals surface area contributed by atoms with E-state index < -0.39 is 5.60 Å². The third-order valence-corrected chi connectivity index (χ3v) is 6.46. The Bertz CT molecular complexity index is 1490. The van der Waals surface area contributed by atoms with Crippen LogP contribution in [0.15, 0.2) is 97.3 Å². The fourth-order valence-corrected chi connectivity index (χ4v) is 4.82. The van der Waals surface area contributed by atoms with Crippen molar-refractivity contribution < 1.29 is 9.50 Å². The first-order valence-corrected chi connectivity index (χ1v) is 11.5. The van der Waals surface area contributed by atoms with E-state index in [1.54, 1.807) is 30.6 Å². The Kier molecular flexibility index (Phi) is 5.97. The van der Waals surface area contributed by atoms with Crippen LogP contribution in [0.4, 0.5) is 10.1 Å². The summed E-state index contributed by atoms with van der Waals surface area (Å²) in [7, 11) is 3.91. The molecular formula is C29H23ClFN3O. The van der Waals surface area contributed by atoms with Crippen LogP contribution in [0.25, 0.3) is 22.0 Å². The van der Waals surface area contributed by atoms with E-state index in [-0.39, 0.29) is 5.82 Å². The molecule has 5 rings (SSSR count). The molecule has 1 unspecified atom stereocenters. The normalized spacial score (nSPS) is 12.9. The first-order chi connectivity index (χ1) is 16.9. The fraction of sp³-hybridized carbons (Fsp3) is 0.103. The van der Waals surface area contributed by atoms with E-state index in [4.69, 9.17) is 11.6 Å². The van der Waals surface area contributed by atoms with Gasteiger partial charge in [0.05, 0.1) is 11.2 Å². The lowest BCUT2D eigenvalue weighted by Gasteiger charge is -2.30. The lowest BCUT2D eigenvalue weighted by molar-refractivity contribution is 0.125. The molecule has 0 radical (unpaired) electrons. The third kappa shape index (κ3) is 4.03. The topological polar surface area (TPSA) is 49.2 Å². The number of hydrogen-bond acceptors (Lipinski definition) is 4. The van der Waals surface area contributed by atoms with E-state index in [0.29, 0.717) is 27.4 Å². The molecule has 0 aliphatic rings. The van der Waals surface area contributed by atoms with Crippen molar-refractivity contribution in [3.05, 3.63) is 125 Å². The smallest absolute Gasteiger partial charge is 0.142 e. The lowest BCUT2D eigenvalue weighted by Crippen LogP contribution is -2.29. The number of fused-ring (bicyclic) bond motifs is 1. The third-order valence-electron chi connectivity index (χ3n) is 6.18. The number of nitrogens with zero attached hydrogens (tertiary/aromatic N) is 3. The van der Waals surface area contributed by atoms with Gasteiger partial charge in [-0.15, -0.1) is 0 Å². The van der Waals surface area contributed by atoms with Gasteiger partial charge >= 0.3 is 0 Å². The number of hydrogen-bond donors (Lipinski definition) is 1. The van der Waals surface area contributed by atoms with Gasteiger partial charge in [0, 0.05) is 43.0 Å². The van der Waals surface area contributed by atoms with Crippen LogP contribution < -0.4 is 4.90 Å². The van der Waals surface area contributed by atoms with Gasteiger partial charge in [0.15, 0.2) is 0 Å². The molecule has 0 fully saturated rings. The summed E-state index contributed by atoms with van der Waals surface area (Å²) in [5.41, 5.74) is 3.50. The molecule has 35 heavy (non-hydrogen) atoms. The molecular weight excluding hydrogens is 461 g/mol. The van der Waals surface area contributed by atoms with Gasteiger partial charge in [-0.05, 0) is 47.0 Å². The molecule has 174 valence electrons. The van der Waals surface area contributed by atoms with Gasteiger partial charge in [-0.2, -0.15) is 0 Å². The fourth-order valence-electron chi connectivity index (χ4n) is 4.54. The molecule has 0 spiro atoms. The number of halogens is 2. The summed E-state index contributed by atoms with van der Waals surface area (Å²) in [5, 5.41) is 13.5. The van der Waals surface area contributed by atoms with Crippen molar-refractivity contribution in [1.29, 1.82) is 0 Å². The number of pyridine rings is 2. The quantitative estimate of drug-likeness (QED) is 0.292. The summed E-state index contributed by atoms with van der Waals surface area (Å²) in [6.45, 7) is 0. The Labute approximate surface area is 208 Å². The van der Waals surface area contributed by atoms with Crippen molar-refractivity contribution >= 4 is 28.2 Å². The van der Waals surface area contributed by atoms with Crippen LogP contribution in [0.5, 0.6) is 0 Å². The lowest BCUT2D eigenvalue weighted by atomic mass is 9.80. The summed E-state index contributed by atoms with van der Waals surface area (Å²) < 4.78 is 13.8. The van der Waals surface area contributed by atoms with Crippen LogP contribution in [0.2, 0.25) is 5.15 Å².